The summed E-state index contributed by atoms with van der Waals surface area (Å²) in [6.07, 6.45) is 2.27. The maximum absolute atomic E-state index is 12.2. The normalized spacial score (nSPS) is 23.2. The monoisotopic (exact) mass is 340 g/mol. The van der Waals surface area contributed by atoms with E-state index in [1.807, 2.05) is 19.9 Å². The zero-order valence-electron chi connectivity index (χ0n) is 11.4. The van der Waals surface area contributed by atoms with Crippen molar-refractivity contribution in [1.29, 1.82) is 0 Å². The summed E-state index contributed by atoms with van der Waals surface area (Å²) in [5, 5.41) is 9.44. The molecule has 1 aromatic rings. The number of carbonyl (C=O) groups excluding carboxylic acids is 1. The number of aliphatic carboxylic acids is 1. The lowest BCUT2D eigenvalue weighted by molar-refractivity contribution is -0.153. The third-order valence-corrected chi connectivity index (χ3v) is 4.03. The molecule has 0 radical (unpaired) electrons. The molecule has 2 atom stereocenters. The van der Waals surface area contributed by atoms with Gasteiger partial charge in [-0.3, -0.25) is 14.6 Å². The van der Waals surface area contributed by atoms with E-state index in [1.165, 1.54) is 0 Å². The van der Waals surface area contributed by atoms with E-state index in [-0.39, 0.29) is 18.4 Å². The minimum absolute atomic E-state index is 0.00720. The van der Waals surface area contributed by atoms with E-state index in [1.54, 1.807) is 17.2 Å². The zero-order chi connectivity index (χ0) is 14.9. The summed E-state index contributed by atoms with van der Waals surface area (Å²) in [7, 11) is 0. The van der Waals surface area contributed by atoms with Crippen LogP contribution >= 0.6 is 15.9 Å². The molecule has 5 nitrogen and oxygen atoms in total. The van der Waals surface area contributed by atoms with Gasteiger partial charge < -0.3 is 10.0 Å². The Morgan fingerprint density at radius 2 is 2.20 bits per heavy atom. The van der Waals surface area contributed by atoms with Crippen LogP contribution in [-0.4, -0.2) is 32.9 Å². The molecule has 6 heteroatoms. The van der Waals surface area contributed by atoms with Crippen molar-refractivity contribution >= 4 is 27.8 Å². The van der Waals surface area contributed by atoms with Crippen molar-refractivity contribution in [2.45, 2.75) is 38.8 Å². The van der Waals surface area contributed by atoms with Crippen LogP contribution in [0.5, 0.6) is 0 Å². The quantitative estimate of drug-likeness (QED) is 0.918. The summed E-state index contributed by atoms with van der Waals surface area (Å²) >= 11 is 3.31. The van der Waals surface area contributed by atoms with Gasteiger partial charge in [0.2, 0.25) is 5.91 Å². The molecule has 1 saturated heterocycles. The third kappa shape index (κ3) is 2.85. The number of carbonyl (C=O) groups is 2. The number of hydrogen-bond donors (Lipinski definition) is 1. The van der Waals surface area contributed by atoms with Gasteiger partial charge in [0.1, 0.15) is 0 Å². The minimum Gasteiger partial charge on any atom is -0.481 e. The highest BCUT2D eigenvalue weighted by Crippen LogP contribution is 2.37. The molecule has 0 bridgehead atoms. The third-order valence-electron chi connectivity index (χ3n) is 3.56. The van der Waals surface area contributed by atoms with Crippen LogP contribution < -0.4 is 0 Å². The molecule has 2 rings (SSSR count). The van der Waals surface area contributed by atoms with Gasteiger partial charge in [0.15, 0.2) is 0 Å². The van der Waals surface area contributed by atoms with E-state index in [2.05, 4.69) is 20.9 Å². The first-order valence-electron chi connectivity index (χ1n) is 6.57. The number of carboxylic acids is 1. The molecule has 0 aromatic carbocycles. The highest BCUT2D eigenvalue weighted by molar-refractivity contribution is 9.10. The standard InChI is InChI=1S/C14H17BrN2O3/c1-8(2)17-12(18)6-4-10(14(19)20)13(17)11-5-3-9(15)7-16-11/h3,5,7-8,10,13H,4,6H2,1-2H3,(H,19,20). The summed E-state index contributed by atoms with van der Waals surface area (Å²) in [6.45, 7) is 3.79. The van der Waals surface area contributed by atoms with Crippen LogP contribution in [0.25, 0.3) is 0 Å². The topological polar surface area (TPSA) is 70.5 Å². The minimum atomic E-state index is -0.877. The molecule has 1 fully saturated rings. The highest BCUT2D eigenvalue weighted by atomic mass is 79.9. The van der Waals surface area contributed by atoms with E-state index in [4.69, 9.17) is 0 Å². The van der Waals surface area contributed by atoms with Crippen molar-refractivity contribution in [2.75, 3.05) is 0 Å². The van der Waals surface area contributed by atoms with Crippen molar-refractivity contribution in [3.05, 3.63) is 28.5 Å². The molecule has 1 N–H and O–H groups in total. The zero-order valence-corrected chi connectivity index (χ0v) is 13.0. The summed E-state index contributed by atoms with van der Waals surface area (Å²) < 4.78 is 0.825. The molecule has 20 heavy (non-hydrogen) atoms. The van der Waals surface area contributed by atoms with Gasteiger partial charge in [-0.2, -0.15) is 0 Å². The Morgan fingerprint density at radius 3 is 2.70 bits per heavy atom. The number of halogens is 1. The van der Waals surface area contributed by atoms with Gasteiger partial charge in [-0.05, 0) is 48.3 Å². The van der Waals surface area contributed by atoms with E-state index >= 15 is 0 Å². The fraction of sp³-hybridized carbons (Fsp3) is 0.500. The van der Waals surface area contributed by atoms with Gasteiger partial charge >= 0.3 is 5.97 Å². The predicted molar refractivity (Wildman–Crippen MR) is 77.0 cm³/mol. The number of piperidine rings is 1. The summed E-state index contributed by atoms with van der Waals surface area (Å²) in [5.41, 5.74) is 0.627. The van der Waals surface area contributed by atoms with E-state index in [0.29, 0.717) is 12.1 Å². The van der Waals surface area contributed by atoms with Gasteiger partial charge in [0.05, 0.1) is 17.7 Å². The van der Waals surface area contributed by atoms with E-state index in [9.17, 15) is 14.7 Å². The number of carboxylic acid groups (broad SMARTS) is 1. The molecule has 1 aliphatic heterocycles. The van der Waals surface area contributed by atoms with Crippen LogP contribution in [0.1, 0.15) is 38.4 Å². The first-order chi connectivity index (χ1) is 9.41. The fourth-order valence-corrected chi connectivity index (χ4v) is 2.93. The first kappa shape index (κ1) is 15.0. The lowest BCUT2D eigenvalue weighted by Gasteiger charge is -2.41. The van der Waals surface area contributed by atoms with Crippen molar-refractivity contribution in [1.82, 2.24) is 9.88 Å². The van der Waals surface area contributed by atoms with Crippen molar-refractivity contribution in [3.63, 3.8) is 0 Å². The van der Waals surface area contributed by atoms with Crippen LogP contribution in [0, 0.1) is 5.92 Å². The number of hydrogen-bond acceptors (Lipinski definition) is 3. The number of rotatable bonds is 3. The fourth-order valence-electron chi connectivity index (χ4n) is 2.69. The highest BCUT2D eigenvalue weighted by Gasteiger charge is 2.42. The molecule has 108 valence electrons. The molecule has 0 aliphatic carbocycles. The molecular formula is C14H17BrN2O3. The number of amides is 1. The molecule has 2 heterocycles. The number of likely N-dealkylation sites (tertiary alicyclic amines) is 1. The smallest absolute Gasteiger partial charge is 0.309 e. The average molecular weight is 341 g/mol. The Balaban J connectivity index is 2.45. The maximum atomic E-state index is 12.2. The van der Waals surface area contributed by atoms with Gasteiger partial charge in [-0.1, -0.05) is 0 Å². The molecule has 1 amide bonds. The van der Waals surface area contributed by atoms with Gasteiger partial charge in [-0.15, -0.1) is 0 Å². The van der Waals surface area contributed by atoms with E-state index in [0.717, 1.165) is 4.47 Å². The van der Waals surface area contributed by atoms with Gasteiger partial charge in [0.25, 0.3) is 0 Å². The summed E-state index contributed by atoms with van der Waals surface area (Å²) in [4.78, 5) is 29.6. The molecular weight excluding hydrogens is 324 g/mol. The molecule has 1 aliphatic rings. The lowest BCUT2D eigenvalue weighted by atomic mass is 9.85. The summed E-state index contributed by atoms with van der Waals surface area (Å²) in [6, 6.07) is 3.04. The van der Waals surface area contributed by atoms with Gasteiger partial charge in [0, 0.05) is 23.1 Å². The van der Waals surface area contributed by atoms with Crippen molar-refractivity contribution < 1.29 is 14.7 Å². The first-order valence-corrected chi connectivity index (χ1v) is 7.36. The second-order valence-electron chi connectivity index (χ2n) is 5.22. The van der Waals surface area contributed by atoms with Crippen LogP contribution in [0.3, 0.4) is 0 Å². The lowest BCUT2D eigenvalue weighted by Crippen LogP contribution is -2.48. The van der Waals surface area contributed by atoms with Gasteiger partial charge in [-0.25, -0.2) is 0 Å². The Morgan fingerprint density at radius 1 is 1.50 bits per heavy atom. The summed E-state index contributed by atoms with van der Waals surface area (Å²) in [5.74, 6) is -1.49. The largest absolute Gasteiger partial charge is 0.481 e. The van der Waals surface area contributed by atoms with Crippen molar-refractivity contribution in [2.24, 2.45) is 5.92 Å². The SMILES string of the molecule is CC(C)N1C(=O)CCC(C(=O)O)C1c1ccc(Br)cn1. The van der Waals surface area contributed by atoms with Crippen LogP contribution in [0.4, 0.5) is 0 Å². The molecule has 0 spiro atoms. The van der Waals surface area contributed by atoms with Crippen LogP contribution in [0.15, 0.2) is 22.8 Å². The number of pyridine rings is 1. The Labute approximate surface area is 126 Å². The molecule has 0 saturated carbocycles. The van der Waals surface area contributed by atoms with Crippen LogP contribution in [0.2, 0.25) is 0 Å². The second-order valence-corrected chi connectivity index (χ2v) is 6.14. The van der Waals surface area contributed by atoms with E-state index < -0.39 is 17.9 Å². The molecule has 1 aromatic heterocycles. The number of nitrogens with zero attached hydrogens (tertiary/aromatic N) is 2. The van der Waals surface area contributed by atoms with Crippen LogP contribution in [-0.2, 0) is 9.59 Å². The maximum Gasteiger partial charge on any atom is 0.309 e. The predicted octanol–water partition coefficient (Wildman–Crippen LogP) is 2.62. The number of aromatic nitrogens is 1. The Kier molecular flexibility index (Phi) is 4.42. The Hall–Kier alpha value is -1.43. The Bertz CT molecular complexity index is 516. The van der Waals surface area contributed by atoms with Crippen molar-refractivity contribution in [3.8, 4) is 0 Å². The second kappa shape index (κ2) is 5.91. The average Bonchev–Trinajstić information content (AvgIpc) is 2.38. The molecule has 2 unspecified atom stereocenters.